The number of nitrogens with one attached hydrogen (secondary N) is 2. The van der Waals surface area contributed by atoms with Gasteiger partial charge in [-0.2, -0.15) is 5.10 Å². The molecular formula is C19H21N4O4P. The summed E-state index contributed by atoms with van der Waals surface area (Å²) in [4.78, 5) is 12.5. The average Bonchev–Trinajstić information content (AvgIpc) is 3.09. The third-order valence-corrected chi connectivity index (χ3v) is 6.10. The molecule has 0 bridgehead atoms. The summed E-state index contributed by atoms with van der Waals surface area (Å²) in [6.45, 7) is 0. The fraction of sp³-hybridized carbons (Fsp3) is 0.158. The van der Waals surface area contributed by atoms with Gasteiger partial charge in [0.25, 0.3) is 5.91 Å². The van der Waals surface area contributed by atoms with E-state index in [0.717, 1.165) is 11.1 Å². The first kappa shape index (κ1) is 19.8. The number of carbonyl (C=O) groups excluding carboxylic acids is 1. The van der Waals surface area contributed by atoms with E-state index in [1.54, 1.807) is 24.3 Å². The number of H-pyrrole nitrogens is 1. The summed E-state index contributed by atoms with van der Waals surface area (Å²) in [5.41, 5.74) is 9.05. The molecule has 1 amide bonds. The highest BCUT2D eigenvalue weighted by Gasteiger charge is 2.22. The van der Waals surface area contributed by atoms with E-state index in [4.69, 9.17) is 14.8 Å². The molecule has 0 saturated heterocycles. The standard InChI is InChI=1S/C19H21N4O4P/c1-26-28(25,27-2)12-13-8-10-15(11-9-13)19(24)21-18-16(20)17(22-23-18)14-6-4-3-5-7-14/h3-11H,12,20H2,1-2H3,(H2,21,22,23,24). The van der Waals surface area contributed by atoms with Gasteiger partial charge in [-0.15, -0.1) is 0 Å². The summed E-state index contributed by atoms with van der Waals surface area (Å²) < 4.78 is 22.0. The van der Waals surface area contributed by atoms with Crippen LogP contribution in [0.15, 0.2) is 54.6 Å². The molecule has 28 heavy (non-hydrogen) atoms. The van der Waals surface area contributed by atoms with E-state index in [-0.39, 0.29) is 12.1 Å². The molecule has 146 valence electrons. The van der Waals surface area contributed by atoms with E-state index in [9.17, 15) is 9.36 Å². The number of aromatic nitrogens is 2. The fourth-order valence-corrected chi connectivity index (χ4v) is 3.70. The van der Waals surface area contributed by atoms with Crippen LogP contribution in [0.25, 0.3) is 11.3 Å². The smallest absolute Gasteiger partial charge is 0.334 e. The number of hydrogen-bond donors (Lipinski definition) is 3. The summed E-state index contributed by atoms with van der Waals surface area (Å²) in [7, 11) is -0.484. The van der Waals surface area contributed by atoms with Crippen molar-refractivity contribution in [2.24, 2.45) is 0 Å². The van der Waals surface area contributed by atoms with Gasteiger partial charge >= 0.3 is 7.60 Å². The highest BCUT2D eigenvalue weighted by molar-refractivity contribution is 7.52. The first-order valence-electron chi connectivity index (χ1n) is 8.46. The summed E-state index contributed by atoms with van der Waals surface area (Å²) in [5, 5.41) is 9.66. The van der Waals surface area contributed by atoms with Gasteiger partial charge in [0.05, 0.1) is 6.16 Å². The quantitative estimate of drug-likeness (QED) is 0.518. The van der Waals surface area contributed by atoms with Crippen LogP contribution in [0, 0.1) is 0 Å². The Kier molecular flexibility index (Phi) is 5.94. The van der Waals surface area contributed by atoms with Crippen molar-refractivity contribution in [3.05, 3.63) is 65.7 Å². The van der Waals surface area contributed by atoms with Crippen molar-refractivity contribution in [2.75, 3.05) is 25.3 Å². The third-order valence-electron chi connectivity index (χ3n) is 4.24. The number of aromatic amines is 1. The number of benzene rings is 2. The van der Waals surface area contributed by atoms with E-state index in [1.807, 2.05) is 30.3 Å². The number of rotatable bonds is 7. The maximum atomic E-state index is 12.5. The van der Waals surface area contributed by atoms with E-state index in [0.29, 0.717) is 22.8 Å². The van der Waals surface area contributed by atoms with Gasteiger partial charge in [0.15, 0.2) is 5.82 Å². The van der Waals surface area contributed by atoms with Gasteiger partial charge in [0.1, 0.15) is 11.4 Å². The van der Waals surface area contributed by atoms with Crippen LogP contribution in [-0.2, 0) is 19.8 Å². The van der Waals surface area contributed by atoms with Crippen molar-refractivity contribution < 1.29 is 18.4 Å². The number of nitrogen functional groups attached to an aromatic ring is 1. The predicted octanol–water partition coefficient (Wildman–Crippen LogP) is 3.90. The Balaban J connectivity index is 1.72. The minimum absolute atomic E-state index is 0.121. The highest BCUT2D eigenvalue weighted by Crippen LogP contribution is 2.49. The van der Waals surface area contributed by atoms with Crippen molar-refractivity contribution >= 4 is 25.0 Å². The van der Waals surface area contributed by atoms with Crippen LogP contribution >= 0.6 is 7.60 Å². The molecule has 1 heterocycles. The topological polar surface area (TPSA) is 119 Å². The summed E-state index contributed by atoms with van der Waals surface area (Å²) in [5.74, 6) is -0.0145. The zero-order valence-corrected chi connectivity index (χ0v) is 16.4. The van der Waals surface area contributed by atoms with Gasteiger partial charge in [-0.3, -0.25) is 14.5 Å². The molecule has 0 fully saturated rings. The molecule has 0 aliphatic heterocycles. The SMILES string of the molecule is COP(=O)(Cc1ccc(C(=O)Nc2[nH]nc(-c3ccccc3)c2N)cc1)OC. The molecule has 2 aromatic carbocycles. The van der Waals surface area contributed by atoms with E-state index < -0.39 is 7.60 Å². The lowest BCUT2D eigenvalue weighted by atomic mass is 10.1. The number of nitrogens with zero attached hydrogens (tertiary/aromatic N) is 1. The molecule has 9 heteroatoms. The maximum Gasteiger partial charge on any atom is 0.334 e. The lowest BCUT2D eigenvalue weighted by molar-refractivity contribution is 0.102. The largest absolute Gasteiger partial charge is 0.394 e. The number of amides is 1. The van der Waals surface area contributed by atoms with Crippen LogP contribution in [0.1, 0.15) is 15.9 Å². The predicted molar refractivity (Wildman–Crippen MR) is 108 cm³/mol. The Morgan fingerprint density at radius 2 is 1.75 bits per heavy atom. The van der Waals surface area contributed by atoms with Crippen LogP contribution < -0.4 is 11.1 Å². The second-order valence-electron chi connectivity index (χ2n) is 6.01. The molecule has 0 aliphatic rings. The van der Waals surface area contributed by atoms with E-state index in [1.165, 1.54) is 14.2 Å². The van der Waals surface area contributed by atoms with Crippen molar-refractivity contribution in [2.45, 2.75) is 6.16 Å². The van der Waals surface area contributed by atoms with Crippen molar-refractivity contribution in [1.82, 2.24) is 10.2 Å². The van der Waals surface area contributed by atoms with E-state index >= 15 is 0 Å². The molecular weight excluding hydrogens is 379 g/mol. The van der Waals surface area contributed by atoms with Gasteiger partial charge in [0.2, 0.25) is 0 Å². The lowest BCUT2D eigenvalue weighted by Gasteiger charge is -2.13. The first-order chi connectivity index (χ1) is 13.5. The van der Waals surface area contributed by atoms with Gasteiger partial charge in [-0.25, -0.2) is 0 Å². The number of hydrogen-bond acceptors (Lipinski definition) is 6. The zero-order valence-electron chi connectivity index (χ0n) is 15.5. The normalized spacial score (nSPS) is 11.4. The Morgan fingerprint density at radius 1 is 1.11 bits per heavy atom. The van der Waals surface area contributed by atoms with Crippen LogP contribution in [0.5, 0.6) is 0 Å². The number of nitrogens with two attached hydrogens (primary N) is 1. The molecule has 1 aromatic heterocycles. The number of carbonyl (C=O) groups is 1. The zero-order chi connectivity index (χ0) is 20.1. The molecule has 4 N–H and O–H groups in total. The Hall–Kier alpha value is -2.93. The molecule has 0 spiro atoms. The summed E-state index contributed by atoms with van der Waals surface area (Å²) >= 11 is 0. The fourth-order valence-electron chi connectivity index (χ4n) is 2.64. The van der Waals surface area contributed by atoms with Crippen LogP contribution in [0.2, 0.25) is 0 Å². The molecule has 8 nitrogen and oxygen atoms in total. The van der Waals surface area contributed by atoms with Crippen molar-refractivity contribution in [3.63, 3.8) is 0 Å². The molecule has 0 saturated carbocycles. The highest BCUT2D eigenvalue weighted by atomic mass is 31.2. The summed E-state index contributed by atoms with van der Waals surface area (Å²) in [6.07, 6.45) is 0.121. The lowest BCUT2D eigenvalue weighted by Crippen LogP contribution is -2.13. The molecule has 3 rings (SSSR count). The van der Waals surface area contributed by atoms with Gasteiger partial charge in [-0.1, -0.05) is 42.5 Å². The van der Waals surface area contributed by atoms with Crippen molar-refractivity contribution in [1.29, 1.82) is 0 Å². The van der Waals surface area contributed by atoms with Gasteiger partial charge in [-0.05, 0) is 17.7 Å². The van der Waals surface area contributed by atoms with Gasteiger partial charge in [0, 0.05) is 25.3 Å². The van der Waals surface area contributed by atoms with Gasteiger partial charge < -0.3 is 20.1 Å². The van der Waals surface area contributed by atoms with Crippen LogP contribution in [0.3, 0.4) is 0 Å². The Labute approximate surface area is 162 Å². The molecule has 0 atom stereocenters. The number of anilines is 2. The van der Waals surface area contributed by atoms with Crippen LogP contribution in [0.4, 0.5) is 11.5 Å². The Bertz CT molecular complexity index is 995. The average molecular weight is 400 g/mol. The second-order valence-corrected chi connectivity index (χ2v) is 8.28. The first-order valence-corrected chi connectivity index (χ1v) is 10.2. The maximum absolute atomic E-state index is 12.5. The monoisotopic (exact) mass is 400 g/mol. The Morgan fingerprint density at radius 3 is 2.36 bits per heavy atom. The minimum Gasteiger partial charge on any atom is -0.394 e. The molecule has 0 radical (unpaired) electrons. The second kappa shape index (κ2) is 8.39. The van der Waals surface area contributed by atoms with Crippen molar-refractivity contribution in [3.8, 4) is 11.3 Å². The molecule has 3 aromatic rings. The van der Waals surface area contributed by atoms with E-state index in [2.05, 4.69) is 15.5 Å². The summed E-state index contributed by atoms with van der Waals surface area (Å²) in [6, 6.07) is 16.1. The van der Waals surface area contributed by atoms with Crippen LogP contribution in [-0.4, -0.2) is 30.3 Å². The third kappa shape index (κ3) is 4.31. The minimum atomic E-state index is -3.16. The molecule has 0 unspecified atom stereocenters. The molecule has 0 aliphatic carbocycles.